The molecule has 2 aromatic carbocycles. The van der Waals surface area contributed by atoms with E-state index in [1.807, 2.05) is 35.2 Å². The first-order chi connectivity index (χ1) is 14.6. The Hall–Kier alpha value is -2.95. The molecule has 1 saturated carbocycles. The van der Waals surface area contributed by atoms with Gasteiger partial charge in [0.2, 0.25) is 0 Å². The lowest BCUT2D eigenvalue weighted by Gasteiger charge is -2.35. The summed E-state index contributed by atoms with van der Waals surface area (Å²) in [6, 6.07) is 15.8. The van der Waals surface area contributed by atoms with Crippen LogP contribution in [0.15, 0.2) is 54.1 Å². The number of methoxy groups -OCH3 is 2. The number of benzene rings is 2. The van der Waals surface area contributed by atoms with Crippen LogP contribution in [0.1, 0.15) is 44.6 Å². The van der Waals surface area contributed by atoms with Crippen molar-refractivity contribution >= 4 is 17.8 Å². The molecule has 5 heteroatoms. The van der Waals surface area contributed by atoms with Gasteiger partial charge in [-0.1, -0.05) is 61.2 Å². The lowest BCUT2D eigenvalue weighted by molar-refractivity contribution is 0.174. The van der Waals surface area contributed by atoms with Crippen molar-refractivity contribution < 1.29 is 14.3 Å². The van der Waals surface area contributed by atoms with E-state index in [0.717, 1.165) is 24.0 Å². The Morgan fingerprint density at radius 3 is 2.47 bits per heavy atom. The molecule has 0 spiro atoms. The fraction of sp³-hybridized carbons (Fsp3) is 0.400. The minimum Gasteiger partial charge on any atom is -0.497 e. The standard InChI is InChI=1S/C25H32N2O3/c1-19(16-20-10-6-4-7-11-20)18-27(21-12-8-5-9-13-21)25(28)26-23-15-14-22(29-2)17-24(23)30-3/h4,6-7,10-11,14-17,21H,5,8-9,12-13,18H2,1-3H3,(H,26,28)/b19-16+. The summed E-state index contributed by atoms with van der Waals surface area (Å²) in [4.78, 5) is 15.3. The molecule has 30 heavy (non-hydrogen) atoms. The molecule has 1 aliphatic rings. The Morgan fingerprint density at radius 1 is 1.07 bits per heavy atom. The zero-order valence-corrected chi connectivity index (χ0v) is 18.2. The molecule has 0 saturated heterocycles. The highest BCUT2D eigenvalue weighted by Gasteiger charge is 2.26. The molecule has 5 nitrogen and oxygen atoms in total. The molecule has 0 radical (unpaired) electrons. The largest absolute Gasteiger partial charge is 0.497 e. The van der Waals surface area contributed by atoms with Crippen LogP contribution in [0.2, 0.25) is 0 Å². The summed E-state index contributed by atoms with van der Waals surface area (Å²) in [5.74, 6) is 1.28. The van der Waals surface area contributed by atoms with Crippen LogP contribution in [-0.4, -0.2) is 37.7 Å². The van der Waals surface area contributed by atoms with Gasteiger partial charge in [0.15, 0.2) is 0 Å². The van der Waals surface area contributed by atoms with Gasteiger partial charge in [0.25, 0.3) is 0 Å². The molecule has 0 unspecified atom stereocenters. The van der Waals surface area contributed by atoms with Gasteiger partial charge in [-0.05, 0) is 37.5 Å². The molecular weight excluding hydrogens is 376 g/mol. The molecule has 2 amide bonds. The van der Waals surface area contributed by atoms with Crippen molar-refractivity contribution in [3.05, 3.63) is 59.7 Å². The summed E-state index contributed by atoms with van der Waals surface area (Å²) in [5.41, 5.74) is 2.95. The molecule has 0 atom stereocenters. The van der Waals surface area contributed by atoms with Gasteiger partial charge < -0.3 is 19.7 Å². The number of hydrogen-bond acceptors (Lipinski definition) is 3. The number of carbonyl (C=O) groups is 1. The number of nitrogens with one attached hydrogen (secondary N) is 1. The van der Waals surface area contributed by atoms with Crippen LogP contribution in [0.3, 0.4) is 0 Å². The molecule has 0 aliphatic heterocycles. The Labute approximate surface area is 179 Å². The lowest BCUT2D eigenvalue weighted by Crippen LogP contribution is -2.44. The van der Waals surface area contributed by atoms with E-state index in [9.17, 15) is 4.79 Å². The van der Waals surface area contributed by atoms with Crippen molar-refractivity contribution in [3.63, 3.8) is 0 Å². The average molecular weight is 409 g/mol. The third-order valence-electron chi connectivity index (χ3n) is 5.56. The third-order valence-corrected chi connectivity index (χ3v) is 5.56. The molecule has 160 valence electrons. The van der Waals surface area contributed by atoms with Crippen LogP contribution in [0.5, 0.6) is 11.5 Å². The van der Waals surface area contributed by atoms with Gasteiger partial charge in [0.05, 0.1) is 19.9 Å². The van der Waals surface area contributed by atoms with Crippen LogP contribution in [0, 0.1) is 0 Å². The van der Waals surface area contributed by atoms with Gasteiger partial charge in [0.1, 0.15) is 11.5 Å². The maximum absolute atomic E-state index is 13.3. The van der Waals surface area contributed by atoms with Crippen LogP contribution in [0.25, 0.3) is 6.08 Å². The van der Waals surface area contributed by atoms with Crippen molar-refractivity contribution in [1.82, 2.24) is 4.90 Å². The molecule has 0 bridgehead atoms. The molecule has 2 aromatic rings. The van der Waals surface area contributed by atoms with Crippen molar-refractivity contribution in [2.75, 3.05) is 26.1 Å². The summed E-state index contributed by atoms with van der Waals surface area (Å²) in [6.45, 7) is 2.69. The Morgan fingerprint density at radius 2 is 1.80 bits per heavy atom. The first kappa shape index (κ1) is 21.8. The molecule has 1 N–H and O–H groups in total. The molecule has 0 heterocycles. The van der Waals surface area contributed by atoms with Crippen LogP contribution in [0.4, 0.5) is 10.5 Å². The van der Waals surface area contributed by atoms with E-state index >= 15 is 0 Å². The smallest absolute Gasteiger partial charge is 0.322 e. The van der Waals surface area contributed by atoms with E-state index in [-0.39, 0.29) is 12.1 Å². The third kappa shape index (κ3) is 5.78. The minimum absolute atomic E-state index is 0.0915. The minimum atomic E-state index is -0.0915. The van der Waals surface area contributed by atoms with Gasteiger partial charge in [-0.15, -0.1) is 0 Å². The van der Waals surface area contributed by atoms with Gasteiger partial charge in [0, 0.05) is 18.7 Å². The second-order valence-corrected chi connectivity index (χ2v) is 7.82. The number of rotatable bonds is 7. The Bertz CT molecular complexity index is 858. The maximum Gasteiger partial charge on any atom is 0.322 e. The van der Waals surface area contributed by atoms with Crippen molar-refractivity contribution in [1.29, 1.82) is 0 Å². The number of nitrogens with zero attached hydrogens (tertiary/aromatic N) is 1. The number of hydrogen-bond donors (Lipinski definition) is 1. The van der Waals surface area contributed by atoms with Crippen LogP contribution < -0.4 is 14.8 Å². The summed E-state index contributed by atoms with van der Waals surface area (Å²) >= 11 is 0. The fourth-order valence-corrected chi connectivity index (χ4v) is 4.00. The maximum atomic E-state index is 13.3. The first-order valence-corrected chi connectivity index (χ1v) is 10.6. The highest BCUT2D eigenvalue weighted by molar-refractivity contribution is 5.91. The molecule has 1 fully saturated rings. The number of urea groups is 1. The van der Waals surface area contributed by atoms with E-state index < -0.39 is 0 Å². The zero-order valence-electron chi connectivity index (χ0n) is 18.2. The van der Waals surface area contributed by atoms with Crippen molar-refractivity contribution in [2.45, 2.75) is 45.1 Å². The topological polar surface area (TPSA) is 50.8 Å². The Kier molecular flexibility index (Phi) is 7.77. The lowest BCUT2D eigenvalue weighted by atomic mass is 9.94. The highest BCUT2D eigenvalue weighted by Crippen LogP contribution is 2.30. The summed E-state index contributed by atoms with van der Waals surface area (Å²) < 4.78 is 10.7. The number of carbonyl (C=O) groups excluding carboxylic acids is 1. The van der Waals surface area contributed by atoms with Crippen molar-refractivity contribution in [3.8, 4) is 11.5 Å². The molecule has 3 rings (SSSR count). The number of ether oxygens (including phenoxy) is 2. The van der Waals surface area contributed by atoms with Gasteiger partial charge >= 0.3 is 6.03 Å². The molecule has 1 aliphatic carbocycles. The van der Waals surface area contributed by atoms with Gasteiger partial charge in [-0.2, -0.15) is 0 Å². The molecular formula is C25H32N2O3. The SMILES string of the molecule is COc1ccc(NC(=O)N(C/C(C)=C/c2ccccc2)C2CCCCC2)c(OC)c1. The summed E-state index contributed by atoms with van der Waals surface area (Å²) in [5, 5.41) is 3.06. The zero-order chi connectivity index (χ0) is 21.3. The van der Waals surface area contributed by atoms with Gasteiger partial charge in [-0.3, -0.25) is 0 Å². The monoisotopic (exact) mass is 408 g/mol. The quantitative estimate of drug-likeness (QED) is 0.614. The predicted octanol–water partition coefficient (Wildman–Crippen LogP) is 5.97. The highest BCUT2D eigenvalue weighted by atomic mass is 16.5. The second kappa shape index (κ2) is 10.7. The second-order valence-electron chi connectivity index (χ2n) is 7.82. The average Bonchev–Trinajstić information content (AvgIpc) is 2.79. The normalized spacial score (nSPS) is 14.8. The number of anilines is 1. The van der Waals surface area contributed by atoms with E-state index in [2.05, 4.69) is 30.4 Å². The fourth-order valence-electron chi connectivity index (χ4n) is 4.00. The summed E-state index contributed by atoms with van der Waals surface area (Å²) in [7, 11) is 3.20. The van der Waals surface area contributed by atoms with Crippen LogP contribution >= 0.6 is 0 Å². The predicted molar refractivity (Wildman–Crippen MR) is 122 cm³/mol. The van der Waals surface area contributed by atoms with E-state index in [4.69, 9.17) is 9.47 Å². The van der Waals surface area contributed by atoms with E-state index in [0.29, 0.717) is 23.7 Å². The first-order valence-electron chi connectivity index (χ1n) is 10.6. The van der Waals surface area contributed by atoms with Crippen molar-refractivity contribution in [2.24, 2.45) is 0 Å². The van der Waals surface area contributed by atoms with E-state index in [1.54, 1.807) is 20.3 Å². The number of amides is 2. The Balaban J connectivity index is 1.79. The van der Waals surface area contributed by atoms with Gasteiger partial charge in [-0.25, -0.2) is 4.79 Å². The molecule has 0 aromatic heterocycles. The van der Waals surface area contributed by atoms with Crippen LogP contribution in [-0.2, 0) is 0 Å². The summed E-state index contributed by atoms with van der Waals surface area (Å²) in [6.07, 6.45) is 7.83. The van der Waals surface area contributed by atoms with E-state index in [1.165, 1.54) is 19.3 Å².